The van der Waals surface area contributed by atoms with Crippen molar-refractivity contribution in [2.45, 2.75) is 56.7 Å². The molecule has 26 heavy (non-hydrogen) atoms. The minimum Gasteiger partial charge on any atom is -0.368 e. The number of fused-ring (bicyclic) bond motifs is 4. The first-order valence-corrected chi connectivity index (χ1v) is 9.95. The highest BCUT2D eigenvalue weighted by atomic mass is 16.5. The Labute approximate surface area is 154 Å². The molecule has 4 heterocycles. The van der Waals surface area contributed by atoms with Gasteiger partial charge in [0, 0.05) is 30.0 Å². The quantitative estimate of drug-likeness (QED) is 0.829. The predicted molar refractivity (Wildman–Crippen MR) is 101 cm³/mol. The van der Waals surface area contributed by atoms with Gasteiger partial charge in [-0.15, -0.1) is 0 Å². The molecule has 0 bridgehead atoms. The number of hydrogen-bond acceptors (Lipinski definition) is 3. The second-order valence-corrected chi connectivity index (χ2v) is 8.14. The molecule has 2 saturated heterocycles. The third-order valence-corrected chi connectivity index (χ3v) is 6.55. The van der Waals surface area contributed by atoms with Crippen molar-refractivity contribution in [1.82, 2.24) is 15.2 Å². The fraction of sp³-hybridized carbons (Fsp3) is 0.571. The molecule has 2 atom stereocenters. The van der Waals surface area contributed by atoms with E-state index in [1.54, 1.807) is 0 Å². The number of aromatic nitrogens is 1. The molecule has 1 aromatic heterocycles. The number of para-hydroxylation sites is 1. The highest BCUT2D eigenvalue weighted by Crippen LogP contribution is 2.43. The number of aromatic amines is 1. The average molecular weight is 353 g/mol. The van der Waals surface area contributed by atoms with Gasteiger partial charge in [-0.2, -0.15) is 0 Å². The van der Waals surface area contributed by atoms with Gasteiger partial charge in [0.25, 0.3) is 0 Å². The van der Waals surface area contributed by atoms with Crippen molar-refractivity contribution in [3.63, 3.8) is 0 Å². The van der Waals surface area contributed by atoms with Crippen LogP contribution in [0.15, 0.2) is 24.3 Å². The number of amides is 1. The molecule has 2 aromatic rings. The summed E-state index contributed by atoms with van der Waals surface area (Å²) < 4.78 is 6.35. The van der Waals surface area contributed by atoms with Crippen molar-refractivity contribution in [3.8, 4) is 0 Å². The zero-order valence-corrected chi connectivity index (χ0v) is 15.4. The van der Waals surface area contributed by atoms with Crippen LogP contribution in [0.3, 0.4) is 0 Å². The minimum absolute atomic E-state index is 0.00922. The minimum atomic E-state index is -0.250. The normalized spacial score (nSPS) is 27.8. The standard InChI is InChI=1S/C21H27N3O2/c1-14-6-7-18(22-14)20(25)24-11-9-21(10-12-24)19-16(8-13-26-21)15-4-2-3-5-17(15)23-19/h2-5,14,18,22-23H,6-13H2,1H3/t14-,18-/m0/s1. The highest BCUT2D eigenvalue weighted by Gasteiger charge is 2.44. The highest BCUT2D eigenvalue weighted by molar-refractivity contribution is 5.85. The van der Waals surface area contributed by atoms with Crippen LogP contribution in [-0.4, -0.2) is 47.6 Å². The van der Waals surface area contributed by atoms with E-state index in [-0.39, 0.29) is 17.6 Å². The lowest BCUT2D eigenvalue weighted by atomic mass is 9.83. The van der Waals surface area contributed by atoms with E-state index in [1.165, 1.54) is 22.2 Å². The summed E-state index contributed by atoms with van der Waals surface area (Å²) in [6, 6.07) is 9.00. The molecule has 5 heteroatoms. The summed E-state index contributed by atoms with van der Waals surface area (Å²) in [7, 11) is 0. The van der Waals surface area contributed by atoms with Crippen LogP contribution in [0.25, 0.3) is 10.9 Å². The fourth-order valence-electron chi connectivity index (χ4n) is 5.09. The molecule has 2 N–H and O–H groups in total. The van der Waals surface area contributed by atoms with E-state index >= 15 is 0 Å². The molecule has 5 nitrogen and oxygen atoms in total. The van der Waals surface area contributed by atoms with Crippen LogP contribution in [-0.2, 0) is 21.6 Å². The summed E-state index contributed by atoms with van der Waals surface area (Å²) >= 11 is 0. The topological polar surface area (TPSA) is 57.4 Å². The van der Waals surface area contributed by atoms with Crippen LogP contribution in [0.5, 0.6) is 0 Å². The Balaban J connectivity index is 1.37. The van der Waals surface area contributed by atoms with Gasteiger partial charge in [-0.05, 0) is 50.7 Å². The predicted octanol–water partition coefficient (Wildman–Crippen LogP) is 2.70. The first-order valence-electron chi connectivity index (χ1n) is 9.95. The zero-order chi connectivity index (χ0) is 17.7. The molecule has 5 rings (SSSR count). The number of hydrogen-bond donors (Lipinski definition) is 2. The molecule has 138 valence electrons. The molecule has 0 unspecified atom stereocenters. The van der Waals surface area contributed by atoms with E-state index in [2.05, 4.69) is 41.5 Å². The zero-order valence-electron chi connectivity index (χ0n) is 15.4. The maximum atomic E-state index is 12.8. The van der Waals surface area contributed by atoms with Crippen molar-refractivity contribution in [1.29, 1.82) is 0 Å². The number of carbonyl (C=O) groups excluding carboxylic acids is 1. The smallest absolute Gasteiger partial charge is 0.239 e. The summed E-state index contributed by atoms with van der Waals surface area (Å²) in [6.45, 7) is 4.48. The number of ether oxygens (including phenoxy) is 1. The molecule has 1 spiro atoms. The molecule has 2 fully saturated rings. The van der Waals surface area contributed by atoms with Gasteiger partial charge in [-0.25, -0.2) is 0 Å². The monoisotopic (exact) mass is 353 g/mol. The van der Waals surface area contributed by atoms with Crippen LogP contribution in [0.1, 0.15) is 43.9 Å². The Morgan fingerprint density at radius 3 is 2.81 bits per heavy atom. The lowest BCUT2D eigenvalue weighted by molar-refractivity contribution is -0.142. The van der Waals surface area contributed by atoms with Gasteiger partial charge in [0.2, 0.25) is 5.91 Å². The molecular formula is C21H27N3O2. The third kappa shape index (κ3) is 2.48. The van der Waals surface area contributed by atoms with Crippen molar-refractivity contribution in [2.24, 2.45) is 0 Å². The van der Waals surface area contributed by atoms with E-state index in [4.69, 9.17) is 4.74 Å². The average Bonchev–Trinajstić information content (AvgIpc) is 3.27. The number of rotatable bonds is 1. The SMILES string of the molecule is C[C@H]1CC[C@@H](C(=O)N2CCC3(CC2)OCCc2c3[nH]c3ccccc23)N1. The third-order valence-electron chi connectivity index (χ3n) is 6.55. The van der Waals surface area contributed by atoms with Gasteiger partial charge in [-0.3, -0.25) is 4.79 Å². The van der Waals surface area contributed by atoms with E-state index < -0.39 is 0 Å². The van der Waals surface area contributed by atoms with Crippen LogP contribution >= 0.6 is 0 Å². The van der Waals surface area contributed by atoms with Gasteiger partial charge in [0.15, 0.2) is 0 Å². The maximum absolute atomic E-state index is 12.8. The number of piperidine rings is 1. The molecule has 0 saturated carbocycles. The summed E-state index contributed by atoms with van der Waals surface area (Å²) in [5, 5.41) is 4.75. The second-order valence-electron chi connectivity index (χ2n) is 8.14. The van der Waals surface area contributed by atoms with Gasteiger partial charge in [0.1, 0.15) is 5.60 Å². The lowest BCUT2D eigenvalue weighted by Gasteiger charge is -2.44. The van der Waals surface area contributed by atoms with Gasteiger partial charge >= 0.3 is 0 Å². The van der Waals surface area contributed by atoms with E-state index in [1.807, 2.05) is 4.90 Å². The Morgan fingerprint density at radius 2 is 2.04 bits per heavy atom. The summed E-state index contributed by atoms with van der Waals surface area (Å²) in [4.78, 5) is 18.5. The molecule has 3 aliphatic rings. The van der Waals surface area contributed by atoms with Crippen LogP contribution in [0.4, 0.5) is 0 Å². The van der Waals surface area contributed by atoms with Crippen LogP contribution < -0.4 is 5.32 Å². The second kappa shape index (κ2) is 6.10. The lowest BCUT2D eigenvalue weighted by Crippen LogP contribution is -2.52. The number of nitrogens with one attached hydrogen (secondary N) is 2. The van der Waals surface area contributed by atoms with E-state index in [0.29, 0.717) is 6.04 Å². The van der Waals surface area contributed by atoms with Gasteiger partial charge < -0.3 is 19.9 Å². The first kappa shape index (κ1) is 16.3. The largest absolute Gasteiger partial charge is 0.368 e. The number of nitrogens with zero attached hydrogens (tertiary/aromatic N) is 1. The Bertz CT molecular complexity index is 835. The Morgan fingerprint density at radius 1 is 1.23 bits per heavy atom. The first-order chi connectivity index (χ1) is 12.7. The molecule has 3 aliphatic heterocycles. The summed E-state index contributed by atoms with van der Waals surface area (Å²) in [5.74, 6) is 0.275. The van der Waals surface area contributed by atoms with Crippen molar-refractivity contribution in [3.05, 3.63) is 35.5 Å². The number of H-pyrrole nitrogens is 1. The molecule has 1 amide bonds. The van der Waals surface area contributed by atoms with Gasteiger partial charge in [0.05, 0.1) is 18.3 Å². The molecule has 0 radical (unpaired) electrons. The van der Waals surface area contributed by atoms with Crippen molar-refractivity contribution < 1.29 is 9.53 Å². The Hall–Kier alpha value is -1.85. The maximum Gasteiger partial charge on any atom is 0.239 e. The number of carbonyl (C=O) groups is 1. The number of likely N-dealkylation sites (tertiary alicyclic amines) is 1. The van der Waals surface area contributed by atoms with Crippen molar-refractivity contribution >= 4 is 16.8 Å². The molecule has 1 aromatic carbocycles. The summed E-state index contributed by atoms with van der Waals surface area (Å²) in [5.41, 5.74) is 3.62. The van der Waals surface area contributed by atoms with Crippen LogP contribution in [0.2, 0.25) is 0 Å². The van der Waals surface area contributed by atoms with Crippen LogP contribution in [0, 0.1) is 0 Å². The Kier molecular flexibility index (Phi) is 3.83. The summed E-state index contributed by atoms with van der Waals surface area (Å²) in [6.07, 6.45) is 4.77. The fourth-order valence-corrected chi connectivity index (χ4v) is 5.09. The van der Waals surface area contributed by atoms with E-state index in [0.717, 1.165) is 51.8 Å². The molecule has 0 aliphatic carbocycles. The number of benzene rings is 1. The molecular weight excluding hydrogens is 326 g/mol. The van der Waals surface area contributed by atoms with Gasteiger partial charge in [-0.1, -0.05) is 18.2 Å². The van der Waals surface area contributed by atoms with Crippen molar-refractivity contribution in [2.75, 3.05) is 19.7 Å². The van der Waals surface area contributed by atoms with E-state index in [9.17, 15) is 4.79 Å².